The first-order valence-corrected chi connectivity index (χ1v) is 7.62. The summed E-state index contributed by atoms with van der Waals surface area (Å²) < 4.78 is 0. The van der Waals surface area contributed by atoms with Crippen molar-refractivity contribution in [3.05, 3.63) is 47.0 Å². The maximum absolute atomic E-state index is 11.9. The van der Waals surface area contributed by atoms with Gasteiger partial charge in [-0.15, -0.1) is 0 Å². The molecule has 0 spiro atoms. The van der Waals surface area contributed by atoms with Crippen molar-refractivity contribution < 1.29 is 9.59 Å². The third-order valence-electron chi connectivity index (χ3n) is 3.68. The molecule has 0 unspecified atom stereocenters. The van der Waals surface area contributed by atoms with E-state index < -0.39 is 0 Å². The normalized spacial score (nSPS) is 10.1. The van der Waals surface area contributed by atoms with Crippen LogP contribution in [-0.2, 0) is 0 Å². The van der Waals surface area contributed by atoms with Crippen molar-refractivity contribution in [2.24, 2.45) is 0 Å². The van der Waals surface area contributed by atoms with E-state index >= 15 is 0 Å². The molecule has 0 atom stereocenters. The number of benzene rings is 2. The van der Waals surface area contributed by atoms with Crippen molar-refractivity contribution in [1.82, 2.24) is 0 Å². The van der Waals surface area contributed by atoms with E-state index in [0.29, 0.717) is 11.1 Å². The Kier molecular flexibility index (Phi) is 5.12. The summed E-state index contributed by atoms with van der Waals surface area (Å²) in [5, 5.41) is 1.61. The molecule has 0 aliphatic heterocycles. The summed E-state index contributed by atoms with van der Waals surface area (Å²) in [6.07, 6.45) is 3.06. The van der Waals surface area contributed by atoms with Crippen LogP contribution in [0.1, 0.15) is 66.3 Å². The summed E-state index contributed by atoms with van der Waals surface area (Å²) in [6.45, 7) is 5.19. The minimum absolute atomic E-state index is 0.0378. The van der Waals surface area contributed by atoms with Gasteiger partial charge in [-0.1, -0.05) is 43.4 Å². The maximum Gasteiger partial charge on any atom is 0.160 e. The van der Waals surface area contributed by atoms with E-state index in [1.54, 1.807) is 12.1 Å². The second-order valence-corrected chi connectivity index (χ2v) is 5.41. The average Bonchev–Trinajstić information content (AvgIpc) is 2.50. The van der Waals surface area contributed by atoms with Crippen LogP contribution in [0, 0.1) is 11.8 Å². The zero-order valence-corrected chi connectivity index (χ0v) is 13.3. The zero-order valence-electron chi connectivity index (χ0n) is 13.3. The molecule has 22 heavy (non-hydrogen) atoms. The maximum atomic E-state index is 11.9. The first kappa shape index (κ1) is 16.0. The van der Waals surface area contributed by atoms with Crippen LogP contribution in [0.2, 0.25) is 0 Å². The second kappa shape index (κ2) is 7.04. The lowest BCUT2D eigenvalue weighted by Gasteiger charge is -2.09. The quantitative estimate of drug-likeness (QED) is 0.461. The lowest BCUT2D eigenvalue weighted by molar-refractivity contribution is 0.101. The number of hydrogen-bond acceptors (Lipinski definition) is 2. The van der Waals surface area contributed by atoms with Gasteiger partial charge in [-0.2, -0.15) is 0 Å². The molecule has 0 bridgehead atoms. The van der Waals surface area contributed by atoms with Crippen LogP contribution in [0.25, 0.3) is 10.8 Å². The first-order valence-electron chi connectivity index (χ1n) is 7.62. The predicted octanol–water partition coefficient (Wildman–Crippen LogP) is 4.79. The van der Waals surface area contributed by atoms with E-state index in [0.717, 1.165) is 35.6 Å². The minimum Gasteiger partial charge on any atom is -0.294 e. The van der Waals surface area contributed by atoms with Gasteiger partial charge >= 0.3 is 0 Å². The van der Waals surface area contributed by atoms with Gasteiger partial charge in [0, 0.05) is 28.5 Å². The Labute approximate surface area is 131 Å². The first-order chi connectivity index (χ1) is 10.6. The fourth-order valence-corrected chi connectivity index (χ4v) is 2.53. The van der Waals surface area contributed by atoms with Crippen molar-refractivity contribution in [3.63, 3.8) is 0 Å². The molecule has 0 N–H and O–H groups in total. The smallest absolute Gasteiger partial charge is 0.160 e. The second-order valence-electron chi connectivity index (χ2n) is 5.41. The lowest BCUT2D eigenvalue weighted by atomic mass is 9.92. The van der Waals surface area contributed by atoms with Crippen molar-refractivity contribution in [2.75, 3.05) is 0 Å². The molecule has 0 saturated carbocycles. The number of carbonyl (C=O) groups excluding carboxylic acids is 2. The van der Waals surface area contributed by atoms with Gasteiger partial charge in [0.2, 0.25) is 0 Å². The summed E-state index contributed by atoms with van der Waals surface area (Å²) in [7, 11) is 0. The van der Waals surface area contributed by atoms with Gasteiger partial charge in [-0.3, -0.25) is 9.59 Å². The standard InChI is InChI=1S/C20H20O2/c1-4-5-6-7-9-16-12-13-18(15(3)22)20-17(14(2)21)10-8-11-19(16)20/h8,10-13H,4-6H2,1-3H3. The number of rotatable bonds is 4. The van der Waals surface area contributed by atoms with Gasteiger partial charge in [0.25, 0.3) is 0 Å². The Bertz CT molecular complexity index is 768. The van der Waals surface area contributed by atoms with Crippen molar-refractivity contribution >= 4 is 22.3 Å². The fraction of sp³-hybridized carbons (Fsp3) is 0.300. The van der Waals surface area contributed by atoms with E-state index in [-0.39, 0.29) is 11.6 Å². The van der Waals surface area contributed by atoms with Crippen LogP contribution in [0.15, 0.2) is 30.3 Å². The molecule has 2 rings (SSSR count). The van der Waals surface area contributed by atoms with Crippen LogP contribution >= 0.6 is 0 Å². The summed E-state index contributed by atoms with van der Waals surface area (Å²) in [5.74, 6) is 6.28. The molecule has 0 aliphatic carbocycles. The molecule has 2 nitrogen and oxygen atoms in total. The third-order valence-corrected chi connectivity index (χ3v) is 3.68. The summed E-state index contributed by atoms with van der Waals surface area (Å²) >= 11 is 0. The van der Waals surface area contributed by atoms with E-state index in [1.807, 2.05) is 18.2 Å². The number of carbonyl (C=O) groups is 2. The highest BCUT2D eigenvalue weighted by Crippen LogP contribution is 2.27. The van der Waals surface area contributed by atoms with E-state index in [1.165, 1.54) is 13.8 Å². The number of unbranched alkanes of at least 4 members (excludes halogenated alkanes) is 2. The van der Waals surface area contributed by atoms with Gasteiger partial charge in [-0.05, 0) is 37.8 Å². The molecule has 112 valence electrons. The molecule has 0 saturated heterocycles. The van der Waals surface area contributed by atoms with E-state index in [9.17, 15) is 9.59 Å². The third kappa shape index (κ3) is 3.26. The van der Waals surface area contributed by atoms with Gasteiger partial charge < -0.3 is 0 Å². The van der Waals surface area contributed by atoms with Gasteiger partial charge in [-0.25, -0.2) is 0 Å². The molecule has 0 heterocycles. The van der Waals surface area contributed by atoms with Gasteiger partial charge in [0.15, 0.2) is 11.6 Å². The Morgan fingerprint density at radius 2 is 1.68 bits per heavy atom. The molecule has 2 aromatic carbocycles. The monoisotopic (exact) mass is 292 g/mol. The number of hydrogen-bond donors (Lipinski definition) is 0. The van der Waals surface area contributed by atoms with Crippen molar-refractivity contribution in [1.29, 1.82) is 0 Å². The molecular weight excluding hydrogens is 272 g/mol. The molecule has 0 radical (unpaired) electrons. The number of ketones is 2. The molecule has 2 aromatic rings. The van der Waals surface area contributed by atoms with Crippen LogP contribution < -0.4 is 0 Å². The molecule has 2 heteroatoms. The highest BCUT2D eigenvalue weighted by molar-refractivity contribution is 6.16. The van der Waals surface area contributed by atoms with E-state index in [4.69, 9.17) is 0 Å². The predicted molar refractivity (Wildman–Crippen MR) is 90.4 cm³/mol. The Morgan fingerprint density at radius 1 is 1.00 bits per heavy atom. The Morgan fingerprint density at radius 3 is 2.32 bits per heavy atom. The minimum atomic E-state index is -0.0378. The van der Waals surface area contributed by atoms with Crippen molar-refractivity contribution in [2.45, 2.75) is 40.0 Å². The van der Waals surface area contributed by atoms with Crippen LogP contribution in [0.5, 0.6) is 0 Å². The summed E-state index contributed by atoms with van der Waals surface area (Å²) in [5.41, 5.74) is 2.04. The van der Waals surface area contributed by atoms with Crippen LogP contribution in [-0.4, -0.2) is 11.6 Å². The largest absolute Gasteiger partial charge is 0.294 e. The molecule has 0 fully saturated rings. The molecule has 0 amide bonds. The highest BCUT2D eigenvalue weighted by atomic mass is 16.1. The SMILES string of the molecule is CCCCC#Cc1ccc(C(C)=O)c2c(C(C)=O)cccc12. The number of Topliss-reactive ketones (excluding diaryl/α,β-unsaturated/α-hetero) is 2. The van der Waals surface area contributed by atoms with Gasteiger partial charge in [0.05, 0.1) is 0 Å². The van der Waals surface area contributed by atoms with Gasteiger partial charge in [0.1, 0.15) is 0 Å². The molecular formula is C20H20O2. The van der Waals surface area contributed by atoms with Crippen LogP contribution in [0.3, 0.4) is 0 Å². The number of fused-ring (bicyclic) bond motifs is 1. The molecule has 0 aromatic heterocycles. The highest BCUT2D eigenvalue weighted by Gasteiger charge is 2.14. The molecule has 0 aliphatic rings. The van der Waals surface area contributed by atoms with Crippen LogP contribution in [0.4, 0.5) is 0 Å². The van der Waals surface area contributed by atoms with E-state index in [2.05, 4.69) is 18.8 Å². The Hall–Kier alpha value is -2.40. The average molecular weight is 292 g/mol. The lowest BCUT2D eigenvalue weighted by Crippen LogP contribution is -2.01. The summed E-state index contributed by atoms with van der Waals surface area (Å²) in [6, 6.07) is 9.20. The Balaban J connectivity index is 2.69. The topological polar surface area (TPSA) is 34.1 Å². The zero-order chi connectivity index (χ0) is 16.1. The van der Waals surface area contributed by atoms with Crippen molar-refractivity contribution in [3.8, 4) is 11.8 Å². The summed E-state index contributed by atoms with van der Waals surface area (Å²) in [4.78, 5) is 23.8. The fourth-order valence-electron chi connectivity index (χ4n) is 2.53.